The zero-order valence-corrected chi connectivity index (χ0v) is 23.6. The van der Waals surface area contributed by atoms with Crippen molar-refractivity contribution >= 4 is 60.5 Å². The SMILES string of the molecule is COc1cc(C=NNC(=Nc2c(C)cc(Br)cc2Br)c2ccc3ccccc3n2)ccc1OC(C)C. The van der Waals surface area contributed by atoms with Gasteiger partial charge in [-0.25, -0.2) is 9.98 Å². The van der Waals surface area contributed by atoms with Crippen LogP contribution in [0.2, 0.25) is 0 Å². The lowest BCUT2D eigenvalue weighted by atomic mass is 10.2. The van der Waals surface area contributed by atoms with Crippen molar-refractivity contribution in [3.8, 4) is 11.5 Å². The number of ether oxygens (including phenoxy) is 2. The van der Waals surface area contributed by atoms with Crippen molar-refractivity contribution in [3.63, 3.8) is 0 Å². The zero-order valence-electron chi connectivity index (χ0n) is 20.4. The van der Waals surface area contributed by atoms with E-state index in [0.717, 1.165) is 36.7 Å². The second-order valence-electron chi connectivity index (χ2n) is 8.35. The molecule has 0 saturated heterocycles. The maximum atomic E-state index is 5.80. The van der Waals surface area contributed by atoms with E-state index >= 15 is 0 Å². The first-order valence-electron chi connectivity index (χ1n) is 11.4. The van der Waals surface area contributed by atoms with Gasteiger partial charge < -0.3 is 9.47 Å². The molecule has 0 atom stereocenters. The minimum Gasteiger partial charge on any atom is -0.493 e. The Bertz CT molecular complexity index is 1430. The number of nitrogens with one attached hydrogen (secondary N) is 1. The Labute approximate surface area is 227 Å². The molecule has 0 aliphatic heterocycles. The highest BCUT2D eigenvalue weighted by Gasteiger charge is 2.11. The lowest BCUT2D eigenvalue weighted by Gasteiger charge is -2.13. The number of hydrogen-bond acceptors (Lipinski definition) is 5. The molecule has 0 spiro atoms. The predicted octanol–water partition coefficient (Wildman–Crippen LogP) is 7.57. The average Bonchev–Trinajstić information content (AvgIpc) is 2.85. The molecule has 0 radical (unpaired) electrons. The Morgan fingerprint density at radius 2 is 1.81 bits per heavy atom. The van der Waals surface area contributed by atoms with E-state index in [2.05, 4.69) is 42.4 Å². The molecule has 4 rings (SSSR count). The molecule has 0 unspecified atom stereocenters. The summed E-state index contributed by atoms with van der Waals surface area (Å²) >= 11 is 7.17. The molecule has 0 aliphatic rings. The predicted molar refractivity (Wildman–Crippen MR) is 154 cm³/mol. The van der Waals surface area contributed by atoms with Crippen molar-refractivity contribution in [2.45, 2.75) is 26.9 Å². The Balaban J connectivity index is 1.69. The van der Waals surface area contributed by atoms with Gasteiger partial charge >= 0.3 is 0 Å². The van der Waals surface area contributed by atoms with Gasteiger partial charge in [0.25, 0.3) is 0 Å². The number of benzene rings is 3. The molecular weight excluding hydrogens is 584 g/mol. The highest BCUT2D eigenvalue weighted by Crippen LogP contribution is 2.33. The summed E-state index contributed by atoms with van der Waals surface area (Å²) in [4.78, 5) is 9.72. The quantitative estimate of drug-likeness (QED) is 0.133. The van der Waals surface area contributed by atoms with E-state index in [9.17, 15) is 0 Å². The molecule has 1 N–H and O–H groups in total. The van der Waals surface area contributed by atoms with Gasteiger partial charge in [0, 0.05) is 14.3 Å². The fourth-order valence-corrected chi connectivity index (χ4v) is 5.10. The first-order valence-corrected chi connectivity index (χ1v) is 13.0. The molecule has 4 aromatic rings. The van der Waals surface area contributed by atoms with E-state index in [0.29, 0.717) is 23.0 Å². The van der Waals surface area contributed by atoms with Crippen molar-refractivity contribution in [3.05, 3.63) is 92.5 Å². The molecule has 184 valence electrons. The highest BCUT2D eigenvalue weighted by atomic mass is 79.9. The number of aryl methyl sites for hydroxylation is 1. The molecule has 6 nitrogen and oxygen atoms in total. The van der Waals surface area contributed by atoms with Crippen molar-refractivity contribution in [1.29, 1.82) is 0 Å². The van der Waals surface area contributed by atoms with Crippen LogP contribution >= 0.6 is 31.9 Å². The number of rotatable bonds is 7. The van der Waals surface area contributed by atoms with Gasteiger partial charge in [0.15, 0.2) is 17.3 Å². The summed E-state index contributed by atoms with van der Waals surface area (Å²) in [6.07, 6.45) is 1.76. The molecule has 1 heterocycles. The molecule has 0 fully saturated rings. The molecule has 0 amide bonds. The Kier molecular flexibility index (Phi) is 8.38. The van der Waals surface area contributed by atoms with Crippen LogP contribution in [0.5, 0.6) is 11.5 Å². The van der Waals surface area contributed by atoms with E-state index in [1.165, 1.54) is 0 Å². The van der Waals surface area contributed by atoms with E-state index in [4.69, 9.17) is 19.5 Å². The lowest BCUT2D eigenvalue weighted by molar-refractivity contribution is 0.230. The fraction of sp³-hybridized carbons (Fsp3) is 0.179. The maximum absolute atomic E-state index is 5.80. The molecule has 0 bridgehead atoms. The standard InChI is InChI=1S/C28H26Br2N4O2/c1-17(2)36-25-12-9-19(14-26(25)35-4)16-31-34-28(33-27-18(3)13-21(29)15-22(27)30)24-11-10-20-7-5-6-8-23(20)32-24/h5-17H,1-4H3,(H,33,34). The van der Waals surface area contributed by atoms with Crippen LogP contribution in [0.25, 0.3) is 10.9 Å². The summed E-state index contributed by atoms with van der Waals surface area (Å²) in [6.45, 7) is 5.97. The van der Waals surface area contributed by atoms with Gasteiger partial charge in [0.1, 0.15) is 5.69 Å². The summed E-state index contributed by atoms with van der Waals surface area (Å²) in [5, 5.41) is 5.53. The average molecular weight is 610 g/mol. The van der Waals surface area contributed by atoms with E-state index < -0.39 is 0 Å². The molecule has 8 heteroatoms. The Morgan fingerprint density at radius 1 is 1.00 bits per heavy atom. The van der Waals surface area contributed by atoms with E-state index in [1.807, 2.05) is 87.5 Å². The van der Waals surface area contributed by atoms with E-state index in [1.54, 1.807) is 13.3 Å². The van der Waals surface area contributed by atoms with Crippen LogP contribution in [0.1, 0.15) is 30.7 Å². The van der Waals surface area contributed by atoms with Crippen LogP contribution in [0.15, 0.2) is 85.8 Å². The topological polar surface area (TPSA) is 68.1 Å². The number of nitrogens with zero attached hydrogens (tertiary/aromatic N) is 3. The minimum atomic E-state index is 0.0506. The summed E-state index contributed by atoms with van der Waals surface area (Å²) in [6, 6.07) is 21.6. The van der Waals surface area contributed by atoms with Crippen LogP contribution in [-0.4, -0.2) is 30.2 Å². The number of hydrazone groups is 1. The highest BCUT2D eigenvalue weighted by molar-refractivity contribution is 9.11. The molecule has 3 aromatic carbocycles. The fourth-order valence-electron chi connectivity index (χ4n) is 3.57. The van der Waals surface area contributed by atoms with Crippen molar-refractivity contribution in [1.82, 2.24) is 10.4 Å². The zero-order chi connectivity index (χ0) is 25.7. The number of pyridine rings is 1. The third-order valence-electron chi connectivity index (χ3n) is 5.22. The molecule has 36 heavy (non-hydrogen) atoms. The first-order chi connectivity index (χ1) is 17.3. The molecule has 0 aliphatic carbocycles. The van der Waals surface area contributed by atoms with Crippen LogP contribution in [-0.2, 0) is 0 Å². The van der Waals surface area contributed by atoms with Crippen LogP contribution in [0.4, 0.5) is 5.69 Å². The smallest absolute Gasteiger partial charge is 0.173 e. The summed E-state index contributed by atoms with van der Waals surface area (Å²) in [5.74, 6) is 1.86. The summed E-state index contributed by atoms with van der Waals surface area (Å²) in [5.41, 5.74) is 7.31. The number of fused-ring (bicyclic) bond motifs is 1. The van der Waals surface area contributed by atoms with Crippen molar-refractivity contribution in [2.24, 2.45) is 10.1 Å². The second-order valence-corrected chi connectivity index (χ2v) is 10.1. The van der Waals surface area contributed by atoms with Gasteiger partial charge in [-0.2, -0.15) is 5.10 Å². The second kappa shape index (κ2) is 11.7. The lowest BCUT2D eigenvalue weighted by Crippen LogP contribution is -2.20. The number of aromatic nitrogens is 1. The summed E-state index contributed by atoms with van der Waals surface area (Å²) in [7, 11) is 1.62. The molecular formula is C28H26Br2N4O2. The van der Waals surface area contributed by atoms with Gasteiger partial charge in [-0.3, -0.25) is 5.43 Å². The van der Waals surface area contributed by atoms with Crippen LogP contribution < -0.4 is 14.9 Å². The minimum absolute atomic E-state index is 0.0506. The summed E-state index contributed by atoms with van der Waals surface area (Å²) < 4.78 is 13.1. The van der Waals surface area contributed by atoms with Gasteiger partial charge in [-0.05, 0) is 90.3 Å². The van der Waals surface area contributed by atoms with Gasteiger partial charge in [-0.1, -0.05) is 40.2 Å². The maximum Gasteiger partial charge on any atom is 0.173 e. The number of amidine groups is 1. The van der Waals surface area contributed by atoms with Crippen LogP contribution in [0, 0.1) is 6.92 Å². The normalized spacial score (nSPS) is 11.9. The number of para-hydroxylation sites is 1. The van der Waals surface area contributed by atoms with Crippen LogP contribution in [0.3, 0.4) is 0 Å². The third kappa shape index (κ3) is 6.30. The number of aliphatic imine (C=N–C) groups is 1. The molecule has 1 aromatic heterocycles. The van der Waals surface area contributed by atoms with Gasteiger partial charge in [-0.15, -0.1) is 0 Å². The monoisotopic (exact) mass is 608 g/mol. The van der Waals surface area contributed by atoms with Crippen molar-refractivity contribution < 1.29 is 9.47 Å². The Hall–Kier alpha value is -3.23. The van der Waals surface area contributed by atoms with Crippen molar-refractivity contribution in [2.75, 3.05) is 7.11 Å². The molecule has 0 saturated carbocycles. The van der Waals surface area contributed by atoms with E-state index in [-0.39, 0.29) is 6.10 Å². The van der Waals surface area contributed by atoms with Gasteiger partial charge in [0.2, 0.25) is 0 Å². The Morgan fingerprint density at radius 3 is 2.56 bits per heavy atom. The third-order valence-corrected chi connectivity index (χ3v) is 6.28. The number of halogens is 2. The number of methoxy groups -OCH3 is 1. The first kappa shape index (κ1) is 25.9. The number of hydrogen-bond donors (Lipinski definition) is 1. The van der Waals surface area contributed by atoms with Gasteiger partial charge in [0.05, 0.1) is 30.6 Å². The largest absolute Gasteiger partial charge is 0.493 e.